The van der Waals surface area contributed by atoms with Crippen LogP contribution in [0.4, 0.5) is 0 Å². The Hall–Kier alpha value is -7.84. The highest BCUT2D eigenvalue weighted by molar-refractivity contribution is 5.54. The number of hydrogen-bond acceptors (Lipinski definition) is 8. The molecule has 2 unspecified atom stereocenters. The van der Waals surface area contributed by atoms with Gasteiger partial charge in [0.05, 0.1) is 0 Å². The van der Waals surface area contributed by atoms with Gasteiger partial charge in [0.2, 0.25) is 0 Å². The second kappa shape index (κ2) is 33.3. The Morgan fingerprint density at radius 1 is 0.275 bits per heavy atom. The van der Waals surface area contributed by atoms with E-state index in [1.807, 2.05) is 60.7 Å². The van der Waals surface area contributed by atoms with E-state index in [1.165, 1.54) is 97.6 Å². The summed E-state index contributed by atoms with van der Waals surface area (Å²) < 4.78 is 0. The quantitative estimate of drug-likeness (QED) is 0.0474. The first-order valence-electron chi connectivity index (χ1n) is 38.3. The molecule has 2 fully saturated rings. The van der Waals surface area contributed by atoms with Gasteiger partial charge in [-0.05, 0) is 222 Å². The molecule has 8 nitrogen and oxygen atoms in total. The van der Waals surface area contributed by atoms with Crippen molar-refractivity contribution in [3.8, 4) is 46.0 Å². The standard InChI is InChI=1S/C27H36O2.2C23H32O2.C21H28O2/c1-27(2,21-13-15-25(28)23(17-21)19-9-5-3-6-10-19)22-14-16-26(29)24(18-22)20-11-7-4-8-12-20;1-21(2,3)17-13-15(9-11-19(17)24)23(7,8)16-10-12-20(25)18(14-16)22(4,5)6;1-7-15(3)19-13-17(9-11-21(19)24)23(5,6)18-10-12-22(25)20(14-18)16(4)8-2;1-13(2)17-11-15(7-9-19(17)22)21(5,6)16-8-10-20(23)18(12-16)14(3)4/h13-20,28-29H,3-12H2,1-2H3;9-14,24-25H,1-8H3;9-16,24-25H,7-8H2,1-6H3;7-14,22-23H,1-6H3. The molecule has 2 atom stereocenters. The van der Waals surface area contributed by atoms with Crippen LogP contribution in [0.25, 0.3) is 0 Å². The van der Waals surface area contributed by atoms with E-state index in [1.54, 1.807) is 24.3 Å². The molecule has 8 heteroatoms. The first kappa shape index (κ1) is 81.5. The first-order chi connectivity index (χ1) is 47.6. The van der Waals surface area contributed by atoms with Crippen molar-refractivity contribution in [2.45, 2.75) is 297 Å². The lowest BCUT2D eigenvalue weighted by molar-refractivity contribution is 0.412. The second-order valence-corrected chi connectivity index (χ2v) is 34.7. The van der Waals surface area contributed by atoms with Gasteiger partial charge < -0.3 is 40.9 Å². The van der Waals surface area contributed by atoms with Gasteiger partial charge in [-0.1, -0.05) is 288 Å². The van der Waals surface area contributed by atoms with Crippen molar-refractivity contribution in [2.24, 2.45) is 0 Å². The molecular formula is C94H128O8. The average molecular weight is 1390 g/mol. The number of rotatable bonds is 16. The van der Waals surface area contributed by atoms with E-state index in [-0.39, 0.29) is 44.3 Å². The van der Waals surface area contributed by atoms with Gasteiger partial charge in [0.25, 0.3) is 0 Å². The Balaban J connectivity index is 0.000000191. The third-order valence-corrected chi connectivity index (χ3v) is 23.2. The molecule has 2 saturated carbocycles. The summed E-state index contributed by atoms with van der Waals surface area (Å²) in [6.45, 7) is 47.2. The normalized spacial score (nSPS) is 15.0. The predicted octanol–water partition coefficient (Wildman–Crippen LogP) is 25.7. The Morgan fingerprint density at radius 2 is 0.490 bits per heavy atom. The lowest BCUT2D eigenvalue weighted by Gasteiger charge is -2.31. The van der Waals surface area contributed by atoms with Crippen LogP contribution in [0.1, 0.15) is 354 Å². The maximum absolute atomic E-state index is 10.5. The summed E-state index contributed by atoms with van der Waals surface area (Å²) in [4.78, 5) is 0. The minimum absolute atomic E-state index is 0.123. The van der Waals surface area contributed by atoms with Crippen LogP contribution in [0.3, 0.4) is 0 Å². The predicted molar refractivity (Wildman–Crippen MR) is 428 cm³/mol. The monoisotopic (exact) mass is 1380 g/mol. The molecule has 552 valence electrons. The largest absolute Gasteiger partial charge is 0.508 e. The van der Waals surface area contributed by atoms with Gasteiger partial charge in [-0.3, -0.25) is 0 Å². The van der Waals surface area contributed by atoms with Crippen LogP contribution in [0.2, 0.25) is 0 Å². The van der Waals surface area contributed by atoms with Gasteiger partial charge in [0, 0.05) is 21.7 Å². The summed E-state index contributed by atoms with van der Waals surface area (Å²) in [5, 5.41) is 82.2. The van der Waals surface area contributed by atoms with Crippen molar-refractivity contribution in [1.82, 2.24) is 0 Å². The summed E-state index contributed by atoms with van der Waals surface area (Å²) in [5.74, 6) is 5.21. The molecule has 0 saturated heterocycles. The number of phenolic OH excluding ortho intramolecular Hbond substituents is 8. The van der Waals surface area contributed by atoms with E-state index < -0.39 is 0 Å². The van der Waals surface area contributed by atoms with Crippen molar-refractivity contribution in [2.75, 3.05) is 0 Å². The highest BCUT2D eigenvalue weighted by atomic mass is 16.3. The van der Waals surface area contributed by atoms with E-state index in [4.69, 9.17) is 0 Å². The summed E-state index contributed by atoms with van der Waals surface area (Å²) in [7, 11) is 0. The zero-order chi connectivity index (χ0) is 75.8. The molecule has 0 radical (unpaired) electrons. The Labute approximate surface area is 615 Å². The summed E-state index contributed by atoms with van der Waals surface area (Å²) in [6.07, 6.45) is 14.4. The summed E-state index contributed by atoms with van der Waals surface area (Å²) in [5.41, 5.74) is 16.6. The van der Waals surface area contributed by atoms with Crippen LogP contribution in [0.15, 0.2) is 146 Å². The van der Waals surface area contributed by atoms with E-state index in [9.17, 15) is 40.9 Å². The maximum Gasteiger partial charge on any atom is 0.119 e. The molecular weight excluding hydrogens is 1260 g/mol. The molecule has 0 bridgehead atoms. The number of hydrogen-bond donors (Lipinski definition) is 8. The van der Waals surface area contributed by atoms with Crippen LogP contribution in [-0.4, -0.2) is 40.9 Å². The number of benzene rings is 8. The number of aromatic hydroxyl groups is 8. The zero-order valence-corrected chi connectivity index (χ0v) is 66.4. The van der Waals surface area contributed by atoms with Gasteiger partial charge in [0.1, 0.15) is 46.0 Å². The smallest absolute Gasteiger partial charge is 0.119 e. The molecule has 8 N–H and O–H groups in total. The van der Waals surface area contributed by atoms with Crippen LogP contribution >= 0.6 is 0 Å². The average Bonchev–Trinajstić information content (AvgIpc) is 0.789. The first-order valence-corrected chi connectivity index (χ1v) is 38.3. The van der Waals surface area contributed by atoms with Crippen LogP contribution in [-0.2, 0) is 32.5 Å². The van der Waals surface area contributed by atoms with Crippen molar-refractivity contribution in [1.29, 1.82) is 0 Å². The van der Waals surface area contributed by atoms with Crippen LogP contribution in [0.5, 0.6) is 46.0 Å². The minimum Gasteiger partial charge on any atom is -0.508 e. The topological polar surface area (TPSA) is 162 Å². The number of phenols is 8. The van der Waals surface area contributed by atoms with Crippen molar-refractivity contribution in [3.63, 3.8) is 0 Å². The second-order valence-electron chi connectivity index (χ2n) is 34.7. The molecule has 102 heavy (non-hydrogen) atoms. The van der Waals surface area contributed by atoms with E-state index in [2.05, 4.69) is 213 Å². The highest BCUT2D eigenvalue weighted by Gasteiger charge is 2.33. The SMILES string of the molecule is CC(C)(C)c1cc(C(C)(C)c2ccc(O)c(C(C)(C)C)c2)ccc1O.CC(C)(c1ccc(O)c(C2CCCCC2)c1)c1ccc(O)c(C2CCCCC2)c1.CC(C)c1cc(C(C)(C)c2ccc(O)c(C(C)C)c2)ccc1O.CCC(C)c1cc(C(C)(C)c2ccc(O)c(C(C)CC)c2)ccc1O. The highest BCUT2D eigenvalue weighted by Crippen LogP contribution is 2.47. The summed E-state index contributed by atoms with van der Waals surface area (Å²) >= 11 is 0. The van der Waals surface area contributed by atoms with Crippen molar-refractivity contribution >= 4 is 0 Å². The van der Waals surface area contributed by atoms with Crippen LogP contribution in [0, 0.1) is 0 Å². The molecule has 0 aliphatic heterocycles. The lowest BCUT2D eigenvalue weighted by atomic mass is 9.73. The molecule has 0 amide bonds. The molecule has 0 heterocycles. The maximum atomic E-state index is 10.5. The fourth-order valence-electron chi connectivity index (χ4n) is 15.0. The third kappa shape index (κ3) is 19.1. The molecule has 0 aromatic heterocycles. The van der Waals surface area contributed by atoms with Gasteiger partial charge in [-0.2, -0.15) is 0 Å². The van der Waals surface area contributed by atoms with Gasteiger partial charge in [-0.25, -0.2) is 0 Å². The van der Waals surface area contributed by atoms with Gasteiger partial charge in [-0.15, -0.1) is 0 Å². The fraction of sp³-hybridized carbons (Fsp3) is 0.489. The fourth-order valence-corrected chi connectivity index (χ4v) is 15.0. The van der Waals surface area contributed by atoms with E-state index in [0.717, 1.165) is 68.5 Å². The van der Waals surface area contributed by atoms with Crippen molar-refractivity contribution in [3.05, 3.63) is 235 Å². The lowest BCUT2D eigenvalue weighted by Crippen LogP contribution is -2.22. The molecule has 10 rings (SSSR count). The third-order valence-electron chi connectivity index (χ3n) is 23.2. The van der Waals surface area contributed by atoms with Crippen LogP contribution < -0.4 is 0 Å². The molecule has 2 aliphatic rings. The molecule has 8 aromatic rings. The summed E-state index contributed by atoms with van der Waals surface area (Å²) in [6, 6.07) is 47.9. The molecule has 8 aromatic carbocycles. The zero-order valence-electron chi connectivity index (χ0n) is 66.4. The minimum atomic E-state index is -0.235. The Morgan fingerprint density at radius 3 is 0.735 bits per heavy atom. The Kier molecular flexibility index (Phi) is 26.6. The molecule has 2 aliphatic carbocycles. The van der Waals surface area contributed by atoms with Crippen molar-refractivity contribution < 1.29 is 40.9 Å². The van der Waals surface area contributed by atoms with E-state index >= 15 is 0 Å². The molecule has 0 spiro atoms. The van der Waals surface area contributed by atoms with Gasteiger partial charge >= 0.3 is 0 Å². The van der Waals surface area contributed by atoms with Gasteiger partial charge in [0.15, 0.2) is 0 Å². The van der Waals surface area contributed by atoms with E-state index in [0.29, 0.717) is 69.7 Å². The Bertz CT molecular complexity index is 3840.